The van der Waals surface area contributed by atoms with Crippen molar-refractivity contribution in [3.8, 4) is 0 Å². The minimum Gasteiger partial charge on any atom is -0.0625 e. The van der Waals surface area contributed by atoms with Crippen LogP contribution in [0, 0.1) is 35.5 Å². The first-order valence-corrected chi connectivity index (χ1v) is 5.61. The molecule has 0 radical (unpaired) electrons. The van der Waals surface area contributed by atoms with Gasteiger partial charge in [-0.2, -0.15) is 0 Å². The largest absolute Gasteiger partial charge is 0.0625 e. The lowest BCUT2D eigenvalue weighted by Gasteiger charge is -2.21. The van der Waals surface area contributed by atoms with E-state index in [0.29, 0.717) is 0 Å². The highest BCUT2D eigenvalue weighted by atomic mass is 14.6. The van der Waals surface area contributed by atoms with Gasteiger partial charge < -0.3 is 0 Å². The molecule has 0 saturated heterocycles. The van der Waals surface area contributed by atoms with E-state index in [1.54, 1.807) is 6.42 Å². The van der Waals surface area contributed by atoms with Gasteiger partial charge in [-0.25, -0.2) is 0 Å². The van der Waals surface area contributed by atoms with E-state index in [2.05, 4.69) is 27.7 Å². The molecule has 2 rings (SSSR count). The zero-order chi connectivity index (χ0) is 8.88. The molecule has 4 atom stereocenters. The van der Waals surface area contributed by atoms with Crippen molar-refractivity contribution in [1.29, 1.82) is 0 Å². The van der Waals surface area contributed by atoms with Crippen molar-refractivity contribution >= 4 is 0 Å². The minimum atomic E-state index is 0.934. The molecule has 2 fully saturated rings. The summed E-state index contributed by atoms with van der Waals surface area (Å²) in [5, 5.41) is 0. The predicted octanol–water partition coefficient (Wildman–Crippen LogP) is 3.57. The molecule has 2 saturated carbocycles. The highest BCUT2D eigenvalue weighted by molar-refractivity contribution is 5.03. The molecular weight excluding hydrogens is 144 g/mol. The Hall–Kier alpha value is 0. The fourth-order valence-corrected chi connectivity index (χ4v) is 3.42. The first-order chi connectivity index (χ1) is 5.61. The molecule has 0 unspecified atom stereocenters. The van der Waals surface area contributed by atoms with Crippen molar-refractivity contribution in [3.63, 3.8) is 0 Å². The van der Waals surface area contributed by atoms with Gasteiger partial charge in [0, 0.05) is 0 Å². The van der Waals surface area contributed by atoms with Crippen LogP contribution >= 0.6 is 0 Å². The van der Waals surface area contributed by atoms with Crippen LogP contribution in [-0.2, 0) is 0 Å². The van der Waals surface area contributed by atoms with E-state index >= 15 is 0 Å². The Labute approximate surface area is 76.7 Å². The Morgan fingerprint density at radius 3 is 1.42 bits per heavy atom. The molecule has 0 aromatic carbocycles. The molecule has 0 aromatic heterocycles. The second kappa shape index (κ2) is 2.75. The van der Waals surface area contributed by atoms with Crippen molar-refractivity contribution in [1.82, 2.24) is 0 Å². The van der Waals surface area contributed by atoms with Crippen LogP contribution in [0.3, 0.4) is 0 Å². The van der Waals surface area contributed by atoms with Gasteiger partial charge in [0.2, 0.25) is 0 Å². The van der Waals surface area contributed by atoms with Crippen molar-refractivity contribution in [2.24, 2.45) is 35.5 Å². The smallest absolute Gasteiger partial charge is 0.0349 e. The van der Waals surface area contributed by atoms with Crippen molar-refractivity contribution in [3.05, 3.63) is 0 Å². The summed E-state index contributed by atoms with van der Waals surface area (Å²) < 4.78 is 0. The van der Waals surface area contributed by atoms with Crippen molar-refractivity contribution in [2.75, 3.05) is 0 Å². The maximum atomic E-state index is 2.41. The van der Waals surface area contributed by atoms with E-state index in [4.69, 9.17) is 0 Å². The van der Waals surface area contributed by atoms with Crippen LogP contribution < -0.4 is 0 Å². The van der Waals surface area contributed by atoms with Crippen molar-refractivity contribution < 1.29 is 0 Å². The van der Waals surface area contributed by atoms with E-state index in [9.17, 15) is 0 Å². The summed E-state index contributed by atoms with van der Waals surface area (Å²) in [6.07, 6.45) is 3.09. The van der Waals surface area contributed by atoms with E-state index in [1.807, 2.05) is 0 Å². The third kappa shape index (κ3) is 1.20. The van der Waals surface area contributed by atoms with E-state index in [-0.39, 0.29) is 0 Å². The van der Waals surface area contributed by atoms with Crippen LogP contribution in [-0.4, -0.2) is 0 Å². The van der Waals surface area contributed by atoms with Gasteiger partial charge in [0.1, 0.15) is 0 Å². The third-order valence-electron chi connectivity index (χ3n) is 4.25. The molecule has 0 bridgehead atoms. The second-order valence-corrected chi connectivity index (χ2v) is 5.61. The number of fused-ring (bicyclic) bond motifs is 1. The summed E-state index contributed by atoms with van der Waals surface area (Å²) in [6, 6.07) is 0. The van der Waals surface area contributed by atoms with E-state index in [0.717, 1.165) is 35.5 Å². The maximum Gasteiger partial charge on any atom is -0.0349 e. The summed E-state index contributed by atoms with van der Waals surface area (Å²) in [6.45, 7) is 9.62. The molecule has 12 heavy (non-hydrogen) atoms. The first-order valence-electron chi connectivity index (χ1n) is 5.61. The van der Waals surface area contributed by atoms with Crippen molar-refractivity contribution in [2.45, 2.75) is 40.5 Å². The SMILES string of the molecule is CC(C)[C@H]1C[C@H](C(C)C)[C@H]2C[C@H]21. The first kappa shape index (κ1) is 8.59. The molecule has 0 N–H and O–H groups in total. The van der Waals surface area contributed by atoms with Gasteiger partial charge in [-0.3, -0.25) is 0 Å². The monoisotopic (exact) mass is 166 g/mol. The van der Waals surface area contributed by atoms with Gasteiger partial charge in [0.15, 0.2) is 0 Å². The highest BCUT2D eigenvalue weighted by Gasteiger charge is 2.54. The van der Waals surface area contributed by atoms with Crippen LogP contribution in [0.15, 0.2) is 0 Å². The molecule has 0 aliphatic heterocycles. The van der Waals surface area contributed by atoms with Crippen LogP contribution in [0.25, 0.3) is 0 Å². The highest BCUT2D eigenvalue weighted by Crippen LogP contribution is 2.62. The Balaban J connectivity index is 2.00. The minimum absolute atomic E-state index is 0.934. The molecule has 2 aliphatic carbocycles. The van der Waals surface area contributed by atoms with Crippen LogP contribution in [0.5, 0.6) is 0 Å². The zero-order valence-electron chi connectivity index (χ0n) is 8.88. The summed E-state index contributed by atoms with van der Waals surface area (Å²) in [4.78, 5) is 0. The lowest BCUT2D eigenvalue weighted by Crippen LogP contribution is -2.13. The molecule has 70 valence electrons. The number of hydrogen-bond acceptors (Lipinski definition) is 0. The molecule has 0 heteroatoms. The number of hydrogen-bond donors (Lipinski definition) is 0. The second-order valence-electron chi connectivity index (χ2n) is 5.61. The Morgan fingerprint density at radius 2 is 1.17 bits per heavy atom. The lowest BCUT2D eigenvalue weighted by molar-refractivity contribution is 0.286. The topological polar surface area (TPSA) is 0 Å². The molecule has 0 nitrogen and oxygen atoms in total. The zero-order valence-corrected chi connectivity index (χ0v) is 8.88. The Kier molecular flexibility index (Phi) is 1.97. The maximum absolute atomic E-state index is 2.41. The molecule has 0 amide bonds. The summed E-state index contributed by atoms with van der Waals surface area (Å²) in [5.41, 5.74) is 0. The molecule has 0 aromatic rings. The lowest BCUT2D eigenvalue weighted by atomic mass is 9.84. The summed E-state index contributed by atoms with van der Waals surface area (Å²) in [7, 11) is 0. The third-order valence-corrected chi connectivity index (χ3v) is 4.25. The predicted molar refractivity (Wildman–Crippen MR) is 52.9 cm³/mol. The summed E-state index contributed by atoms with van der Waals surface area (Å²) >= 11 is 0. The molecule has 0 spiro atoms. The average Bonchev–Trinajstić information content (AvgIpc) is 2.63. The Bertz CT molecular complexity index is 151. The van der Waals surface area contributed by atoms with Gasteiger partial charge in [0.05, 0.1) is 0 Å². The fourth-order valence-electron chi connectivity index (χ4n) is 3.42. The van der Waals surface area contributed by atoms with E-state index < -0.39 is 0 Å². The fraction of sp³-hybridized carbons (Fsp3) is 1.00. The Morgan fingerprint density at radius 1 is 0.750 bits per heavy atom. The molecular formula is C12H22. The van der Waals surface area contributed by atoms with Crippen LogP contribution in [0.4, 0.5) is 0 Å². The van der Waals surface area contributed by atoms with Crippen LogP contribution in [0.1, 0.15) is 40.5 Å². The van der Waals surface area contributed by atoms with E-state index in [1.165, 1.54) is 6.42 Å². The van der Waals surface area contributed by atoms with Gasteiger partial charge in [0.25, 0.3) is 0 Å². The normalized spacial score (nSPS) is 45.5. The summed E-state index contributed by atoms with van der Waals surface area (Å²) in [5.74, 6) is 6.28. The van der Waals surface area contributed by atoms with Gasteiger partial charge in [-0.05, 0) is 48.3 Å². The quantitative estimate of drug-likeness (QED) is 0.588. The van der Waals surface area contributed by atoms with Gasteiger partial charge in [-0.1, -0.05) is 27.7 Å². The van der Waals surface area contributed by atoms with Crippen LogP contribution in [0.2, 0.25) is 0 Å². The van der Waals surface area contributed by atoms with Gasteiger partial charge in [-0.15, -0.1) is 0 Å². The average molecular weight is 166 g/mol. The molecule has 2 aliphatic rings. The molecule has 0 heterocycles. The number of rotatable bonds is 2. The van der Waals surface area contributed by atoms with Gasteiger partial charge >= 0.3 is 0 Å². The standard InChI is InChI=1S/C12H22/c1-7(2)9-5-10(8(3)4)12-6-11(9)12/h7-12H,5-6H2,1-4H3/t9-,10-,11-,12+/m1/s1.